The van der Waals surface area contributed by atoms with Crippen LogP contribution in [-0.2, 0) is 10.0 Å². The summed E-state index contributed by atoms with van der Waals surface area (Å²) in [4.78, 5) is 0.189. The maximum atomic E-state index is 13.4. The van der Waals surface area contributed by atoms with Gasteiger partial charge < -0.3 is 10.1 Å². The number of hydrogen-bond donors (Lipinski definition) is 1. The number of benzene rings is 2. The van der Waals surface area contributed by atoms with Crippen molar-refractivity contribution in [1.29, 1.82) is 0 Å². The fourth-order valence-electron chi connectivity index (χ4n) is 3.10. The lowest BCUT2D eigenvalue weighted by atomic mass is 10.1. The number of aryl methyl sites for hydroxylation is 1. The second kappa shape index (κ2) is 7.33. The van der Waals surface area contributed by atoms with E-state index < -0.39 is 10.0 Å². The number of piperazine rings is 1. The summed E-state index contributed by atoms with van der Waals surface area (Å²) in [5.41, 5.74) is 1.66. The molecular formula is C18H21ClN2O3S. The Bertz CT molecular complexity index is 870. The Labute approximate surface area is 153 Å². The van der Waals surface area contributed by atoms with Crippen molar-refractivity contribution < 1.29 is 13.2 Å². The molecule has 0 aromatic heterocycles. The predicted molar refractivity (Wildman–Crippen MR) is 98.7 cm³/mol. The highest BCUT2D eigenvalue weighted by atomic mass is 35.5. The summed E-state index contributed by atoms with van der Waals surface area (Å²) < 4.78 is 33.6. The molecule has 134 valence electrons. The number of ether oxygens (including phenoxy) is 1. The Morgan fingerprint density at radius 3 is 2.72 bits per heavy atom. The van der Waals surface area contributed by atoms with E-state index in [2.05, 4.69) is 5.32 Å². The third-order valence-electron chi connectivity index (χ3n) is 4.36. The molecule has 3 rings (SSSR count). The van der Waals surface area contributed by atoms with E-state index in [1.54, 1.807) is 18.2 Å². The summed E-state index contributed by atoms with van der Waals surface area (Å²) in [6, 6.07) is 12.2. The summed E-state index contributed by atoms with van der Waals surface area (Å²) >= 11 is 6.33. The Morgan fingerprint density at radius 1 is 1.24 bits per heavy atom. The van der Waals surface area contributed by atoms with Crippen LogP contribution in [0.4, 0.5) is 0 Å². The minimum absolute atomic E-state index is 0.189. The lowest BCUT2D eigenvalue weighted by molar-refractivity contribution is 0.270. The molecule has 2 aromatic carbocycles. The summed E-state index contributed by atoms with van der Waals surface area (Å²) in [5.74, 6) is 0.349. The number of methoxy groups -OCH3 is 1. The van der Waals surface area contributed by atoms with Crippen LogP contribution in [0.2, 0.25) is 5.02 Å². The van der Waals surface area contributed by atoms with Gasteiger partial charge in [0.15, 0.2) is 0 Å². The molecule has 2 aromatic rings. The molecule has 1 saturated heterocycles. The van der Waals surface area contributed by atoms with Gasteiger partial charge in [-0.1, -0.05) is 35.9 Å². The van der Waals surface area contributed by atoms with Gasteiger partial charge in [0.25, 0.3) is 0 Å². The highest BCUT2D eigenvalue weighted by Crippen LogP contribution is 2.35. The molecule has 1 aliphatic heterocycles. The number of halogens is 1. The molecule has 7 heteroatoms. The fourth-order valence-corrected chi connectivity index (χ4v) is 5.21. The topological polar surface area (TPSA) is 58.6 Å². The fraction of sp³-hybridized carbons (Fsp3) is 0.333. The first-order valence-electron chi connectivity index (χ1n) is 8.07. The molecule has 0 spiro atoms. The minimum atomic E-state index is -3.73. The van der Waals surface area contributed by atoms with Crippen molar-refractivity contribution in [1.82, 2.24) is 9.62 Å². The SMILES string of the molecule is COc1ccc(C)cc1S(=O)(=O)N1CCNCC1c1ccccc1Cl. The van der Waals surface area contributed by atoms with Crippen LogP contribution < -0.4 is 10.1 Å². The van der Waals surface area contributed by atoms with Gasteiger partial charge in [-0.25, -0.2) is 8.42 Å². The molecular weight excluding hydrogens is 360 g/mol. The van der Waals surface area contributed by atoms with Crippen LogP contribution in [0.25, 0.3) is 0 Å². The molecule has 1 N–H and O–H groups in total. The molecule has 0 aliphatic carbocycles. The number of nitrogens with one attached hydrogen (secondary N) is 1. The molecule has 5 nitrogen and oxygen atoms in total. The Morgan fingerprint density at radius 2 is 2.00 bits per heavy atom. The summed E-state index contributed by atoms with van der Waals surface area (Å²) in [6.07, 6.45) is 0. The molecule has 1 heterocycles. The van der Waals surface area contributed by atoms with Crippen molar-refractivity contribution in [3.05, 3.63) is 58.6 Å². The maximum absolute atomic E-state index is 13.4. The molecule has 1 fully saturated rings. The van der Waals surface area contributed by atoms with E-state index in [9.17, 15) is 8.42 Å². The van der Waals surface area contributed by atoms with Gasteiger partial charge in [0.05, 0.1) is 13.2 Å². The smallest absolute Gasteiger partial charge is 0.247 e. The van der Waals surface area contributed by atoms with Crippen LogP contribution in [0.5, 0.6) is 5.75 Å². The van der Waals surface area contributed by atoms with Crippen LogP contribution in [0, 0.1) is 6.92 Å². The van der Waals surface area contributed by atoms with Crippen LogP contribution in [0.15, 0.2) is 47.4 Å². The summed E-state index contributed by atoms with van der Waals surface area (Å²) in [7, 11) is -2.25. The zero-order valence-corrected chi connectivity index (χ0v) is 15.8. The van der Waals surface area contributed by atoms with E-state index in [0.29, 0.717) is 30.4 Å². The molecule has 25 heavy (non-hydrogen) atoms. The van der Waals surface area contributed by atoms with Crippen molar-refractivity contribution >= 4 is 21.6 Å². The molecule has 0 saturated carbocycles. The molecule has 1 atom stereocenters. The zero-order chi connectivity index (χ0) is 18.0. The highest BCUT2D eigenvalue weighted by molar-refractivity contribution is 7.89. The van der Waals surface area contributed by atoms with E-state index in [4.69, 9.17) is 16.3 Å². The van der Waals surface area contributed by atoms with Crippen molar-refractivity contribution in [2.45, 2.75) is 17.9 Å². The van der Waals surface area contributed by atoms with E-state index in [0.717, 1.165) is 11.1 Å². The number of sulfonamides is 1. The van der Waals surface area contributed by atoms with Gasteiger partial charge in [-0.15, -0.1) is 0 Å². The van der Waals surface area contributed by atoms with Gasteiger partial charge in [-0.2, -0.15) is 4.31 Å². The van der Waals surface area contributed by atoms with Gasteiger partial charge in [-0.3, -0.25) is 0 Å². The van der Waals surface area contributed by atoms with E-state index in [-0.39, 0.29) is 10.9 Å². The van der Waals surface area contributed by atoms with E-state index in [1.807, 2.05) is 31.2 Å². The first-order chi connectivity index (χ1) is 11.9. The Kier molecular flexibility index (Phi) is 5.34. The normalized spacial score (nSPS) is 18.9. The molecule has 1 aliphatic rings. The quantitative estimate of drug-likeness (QED) is 0.885. The van der Waals surface area contributed by atoms with Crippen LogP contribution in [0.3, 0.4) is 0 Å². The van der Waals surface area contributed by atoms with E-state index in [1.165, 1.54) is 11.4 Å². The van der Waals surface area contributed by atoms with Gasteiger partial charge >= 0.3 is 0 Å². The summed E-state index contributed by atoms with van der Waals surface area (Å²) in [5, 5.41) is 3.82. The third kappa shape index (κ3) is 3.53. The first-order valence-corrected chi connectivity index (χ1v) is 9.88. The number of nitrogens with zero attached hydrogens (tertiary/aromatic N) is 1. The largest absolute Gasteiger partial charge is 0.495 e. The van der Waals surface area contributed by atoms with Crippen molar-refractivity contribution in [3.63, 3.8) is 0 Å². The molecule has 0 amide bonds. The number of rotatable bonds is 4. The van der Waals surface area contributed by atoms with Gasteiger partial charge in [0.2, 0.25) is 10.0 Å². The summed E-state index contributed by atoms with van der Waals surface area (Å²) in [6.45, 7) is 3.34. The highest BCUT2D eigenvalue weighted by Gasteiger charge is 2.36. The van der Waals surface area contributed by atoms with Crippen LogP contribution >= 0.6 is 11.6 Å². The Balaban J connectivity index is 2.08. The Hall–Kier alpha value is -1.60. The van der Waals surface area contributed by atoms with Crippen molar-refractivity contribution in [2.75, 3.05) is 26.7 Å². The second-order valence-corrected chi connectivity index (χ2v) is 8.28. The van der Waals surface area contributed by atoms with Gasteiger partial charge in [0.1, 0.15) is 10.6 Å². The lowest BCUT2D eigenvalue weighted by Crippen LogP contribution is -2.48. The van der Waals surface area contributed by atoms with Crippen LogP contribution in [-0.4, -0.2) is 39.5 Å². The maximum Gasteiger partial charge on any atom is 0.247 e. The van der Waals surface area contributed by atoms with Crippen LogP contribution in [0.1, 0.15) is 17.2 Å². The molecule has 0 bridgehead atoms. The standard InChI is InChI=1S/C18H21ClN2O3S/c1-13-7-8-17(24-2)18(11-13)25(22,23)21-10-9-20-12-16(21)14-5-3-4-6-15(14)19/h3-8,11,16,20H,9-10,12H2,1-2H3. The van der Waals surface area contributed by atoms with Gasteiger partial charge in [0, 0.05) is 24.7 Å². The van der Waals surface area contributed by atoms with Gasteiger partial charge in [-0.05, 0) is 36.2 Å². The average molecular weight is 381 g/mol. The zero-order valence-electron chi connectivity index (χ0n) is 14.2. The third-order valence-corrected chi connectivity index (χ3v) is 6.64. The monoisotopic (exact) mass is 380 g/mol. The molecule has 0 radical (unpaired) electrons. The second-order valence-electron chi connectivity index (χ2n) is 6.01. The average Bonchev–Trinajstić information content (AvgIpc) is 2.62. The van der Waals surface area contributed by atoms with E-state index >= 15 is 0 Å². The van der Waals surface area contributed by atoms with Crippen molar-refractivity contribution in [3.8, 4) is 5.75 Å². The first kappa shape index (κ1) is 18.2. The minimum Gasteiger partial charge on any atom is -0.495 e. The van der Waals surface area contributed by atoms with Crippen molar-refractivity contribution in [2.24, 2.45) is 0 Å². The predicted octanol–water partition coefficient (Wildman–Crippen LogP) is 2.99. The lowest BCUT2D eigenvalue weighted by Gasteiger charge is -2.36. The number of hydrogen-bond acceptors (Lipinski definition) is 4. The molecule has 1 unspecified atom stereocenters.